The molecular weight excluding hydrogens is 268 g/mol. The molecule has 0 amide bonds. The molecular formula is C15H18N4O2. The van der Waals surface area contributed by atoms with Gasteiger partial charge in [-0.1, -0.05) is 5.21 Å². The molecule has 2 aromatic rings. The number of rotatable bonds is 2. The molecule has 0 bridgehead atoms. The molecule has 21 heavy (non-hydrogen) atoms. The molecule has 2 aliphatic rings. The van der Waals surface area contributed by atoms with Crippen LogP contribution in [0.4, 0.5) is 0 Å². The average Bonchev–Trinajstić information content (AvgIpc) is 2.91. The first-order valence-corrected chi connectivity index (χ1v) is 7.30. The van der Waals surface area contributed by atoms with E-state index in [4.69, 9.17) is 9.47 Å². The van der Waals surface area contributed by atoms with Crippen molar-refractivity contribution >= 4 is 0 Å². The van der Waals surface area contributed by atoms with Crippen LogP contribution in [0.3, 0.4) is 0 Å². The van der Waals surface area contributed by atoms with Gasteiger partial charge in [0.25, 0.3) is 0 Å². The molecule has 1 N–H and O–H groups in total. The summed E-state index contributed by atoms with van der Waals surface area (Å²) in [4.78, 5) is 0. The van der Waals surface area contributed by atoms with Crippen LogP contribution in [0.1, 0.15) is 22.9 Å². The maximum absolute atomic E-state index is 5.71. The van der Waals surface area contributed by atoms with E-state index in [1.807, 2.05) is 13.2 Å². The number of nitrogens with zero attached hydrogens (tertiary/aromatic N) is 3. The number of hydrogen-bond acceptors (Lipinski definition) is 5. The quantitative estimate of drug-likeness (QED) is 0.893. The zero-order chi connectivity index (χ0) is 14.2. The molecule has 6 nitrogen and oxygen atoms in total. The smallest absolute Gasteiger partial charge is 0.161 e. The lowest BCUT2D eigenvalue weighted by atomic mass is 9.91. The fraction of sp³-hybridized carbons (Fsp3) is 0.467. The van der Waals surface area contributed by atoms with Gasteiger partial charge in [0.05, 0.1) is 5.69 Å². The zero-order valence-corrected chi connectivity index (χ0v) is 12.0. The average molecular weight is 286 g/mol. The summed E-state index contributed by atoms with van der Waals surface area (Å²) < 4.78 is 13.1. The Hall–Kier alpha value is -2.08. The van der Waals surface area contributed by atoms with E-state index < -0.39 is 0 Å². The van der Waals surface area contributed by atoms with Crippen LogP contribution in [0.5, 0.6) is 11.5 Å². The van der Waals surface area contributed by atoms with Crippen molar-refractivity contribution in [3.8, 4) is 11.5 Å². The third-order valence-electron chi connectivity index (χ3n) is 4.03. The molecule has 1 unspecified atom stereocenters. The van der Waals surface area contributed by atoms with Gasteiger partial charge in [0.15, 0.2) is 11.5 Å². The number of aromatic nitrogens is 3. The van der Waals surface area contributed by atoms with Crippen molar-refractivity contribution in [2.75, 3.05) is 19.8 Å². The topological polar surface area (TPSA) is 61.2 Å². The Morgan fingerprint density at radius 2 is 2.10 bits per heavy atom. The van der Waals surface area contributed by atoms with Crippen molar-refractivity contribution < 1.29 is 9.47 Å². The van der Waals surface area contributed by atoms with Crippen LogP contribution in [-0.4, -0.2) is 34.8 Å². The first kappa shape index (κ1) is 12.6. The highest BCUT2D eigenvalue weighted by Gasteiger charge is 2.24. The summed E-state index contributed by atoms with van der Waals surface area (Å²) in [7, 11) is 1.89. The molecule has 0 radical (unpaired) electrons. The minimum Gasteiger partial charge on any atom is -0.486 e. The lowest BCUT2D eigenvalue weighted by molar-refractivity contribution is 0.171. The van der Waals surface area contributed by atoms with Gasteiger partial charge in [0, 0.05) is 25.7 Å². The lowest BCUT2D eigenvalue weighted by Crippen LogP contribution is -2.31. The molecule has 0 spiro atoms. The van der Waals surface area contributed by atoms with Crippen LogP contribution in [-0.2, 0) is 19.9 Å². The highest BCUT2D eigenvalue weighted by molar-refractivity contribution is 5.50. The number of hydrogen-bond donors (Lipinski definition) is 1. The van der Waals surface area contributed by atoms with Crippen LogP contribution in [0.25, 0.3) is 0 Å². The number of benzene rings is 1. The summed E-state index contributed by atoms with van der Waals surface area (Å²) in [5.74, 6) is 1.73. The standard InChI is InChI=1S/C15H18N4O2/c1-19-9-11(17-18-19)7-13-12-8-15-14(20-4-5-21-15)6-10(12)2-3-16-13/h6,8-9,13,16H,2-5,7H2,1H3. The van der Waals surface area contributed by atoms with E-state index in [1.165, 1.54) is 11.1 Å². The van der Waals surface area contributed by atoms with Crippen molar-refractivity contribution in [3.63, 3.8) is 0 Å². The molecule has 3 heterocycles. The molecule has 1 atom stereocenters. The molecule has 110 valence electrons. The number of aryl methyl sites for hydroxylation is 1. The van der Waals surface area contributed by atoms with Gasteiger partial charge in [0.1, 0.15) is 13.2 Å². The third kappa shape index (κ3) is 2.35. The van der Waals surface area contributed by atoms with E-state index in [0.29, 0.717) is 13.2 Å². The first-order valence-electron chi connectivity index (χ1n) is 7.30. The molecule has 6 heteroatoms. The molecule has 0 fully saturated rings. The molecule has 4 rings (SSSR count). The second kappa shape index (κ2) is 5.04. The predicted octanol–water partition coefficient (Wildman–Crippen LogP) is 1.02. The highest BCUT2D eigenvalue weighted by atomic mass is 16.6. The minimum atomic E-state index is 0.251. The Labute approximate surface area is 123 Å². The molecule has 0 saturated heterocycles. The van der Waals surface area contributed by atoms with Crippen LogP contribution in [0.15, 0.2) is 18.3 Å². The lowest BCUT2D eigenvalue weighted by Gasteiger charge is -2.29. The van der Waals surface area contributed by atoms with Gasteiger partial charge >= 0.3 is 0 Å². The number of fused-ring (bicyclic) bond motifs is 2. The second-order valence-corrected chi connectivity index (χ2v) is 5.54. The van der Waals surface area contributed by atoms with E-state index in [0.717, 1.165) is 36.6 Å². The van der Waals surface area contributed by atoms with Gasteiger partial charge in [0.2, 0.25) is 0 Å². The molecule has 2 aliphatic heterocycles. The van der Waals surface area contributed by atoms with E-state index >= 15 is 0 Å². The normalized spacial score (nSPS) is 20.1. The maximum atomic E-state index is 5.71. The van der Waals surface area contributed by atoms with Crippen LogP contribution < -0.4 is 14.8 Å². The van der Waals surface area contributed by atoms with Gasteiger partial charge in [-0.25, -0.2) is 0 Å². The van der Waals surface area contributed by atoms with Crippen molar-refractivity contribution in [1.29, 1.82) is 0 Å². The Bertz CT molecular complexity index is 668. The largest absolute Gasteiger partial charge is 0.486 e. The summed E-state index contributed by atoms with van der Waals surface area (Å²) in [5, 5.41) is 11.8. The molecule has 0 saturated carbocycles. The van der Waals surface area contributed by atoms with Crippen LogP contribution >= 0.6 is 0 Å². The third-order valence-corrected chi connectivity index (χ3v) is 4.03. The SMILES string of the molecule is Cn1cc(CC2NCCc3cc4c(cc32)OCCO4)nn1. The Morgan fingerprint density at radius 1 is 1.29 bits per heavy atom. The highest BCUT2D eigenvalue weighted by Crippen LogP contribution is 2.37. The van der Waals surface area contributed by atoms with Crippen LogP contribution in [0.2, 0.25) is 0 Å². The summed E-state index contributed by atoms with van der Waals surface area (Å²) in [6.07, 6.45) is 3.82. The number of nitrogens with one attached hydrogen (secondary N) is 1. The summed E-state index contributed by atoms with van der Waals surface area (Å²) in [6, 6.07) is 4.51. The van der Waals surface area contributed by atoms with Gasteiger partial charge in [-0.2, -0.15) is 0 Å². The Balaban J connectivity index is 1.66. The fourth-order valence-electron chi connectivity index (χ4n) is 3.06. The van der Waals surface area contributed by atoms with Gasteiger partial charge in [-0.15, -0.1) is 5.10 Å². The Kier molecular flexibility index (Phi) is 3.03. The Morgan fingerprint density at radius 3 is 2.86 bits per heavy atom. The summed E-state index contributed by atoms with van der Waals surface area (Å²) in [6.45, 7) is 2.22. The molecule has 0 aliphatic carbocycles. The van der Waals surface area contributed by atoms with Crippen molar-refractivity contribution in [3.05, 3.63) is 35.2 Å². The van der Waals surface area contributed by atoms with Crippen molar-refractivity contribution in [2.45, 2.75) is 18.9 Å². The summed E-state index contributed by atoms with van der Waals surface area (Å²) >= 11 is 0. The second-order valence-electron chi connectivity index (χ2n) is 5.54. The number of ether oxygens (including phenoxy) is 2. The minimum absolute atomic E-state index is 0.251. The van der Waals surface area contributed by atoms with E-state index in [-0.39, 0.29) is 6.04 Å². The zero-order valence-electron chi connectivity index (χ0n) is 12.0. The van der Waals surface area contributed by atoms with Gasteiger partial charge in [-0.3, -0.25) is 4.68 Å². The molecule has 1 aromatic carbocycles. The van der Waals surface area contributed by atoms with Gasteiger partial charge in [-0.05, 0) is 36.2 Å². The van der Waals surface area contributed by atoms with E-state index in [1.54, 1.807) is 4.68 Å². The molecule has 1 aromatic heterocycles. The first-order chi connectivity index (χ1) is 10.3. The maximum Gasteiger partial charge on any atom is 0.161 e. The van der Waals surface area contributed by atoms with Crippen LogP contribution in [0, 0.1) is 0 Å². The van der Waals surface area contributed by atoms with E-state index in [9.17, 15) is 0 Å². The summed E-state index contributed by atoms with van der Waals surface area (Å²) in [5.41, 5.74) is 3.63. The monoisotopic (exact) mass is 286 g/mol. The van der Waals surface area contributed by atoms with Gasteiger partial charge < -0.3 is 14.8 Å². The van der Waals surface area contributed by atoms with E-state index in [2.05, 4.69) is 27.8 Å². The predicted molar refractivity (Wildman–Crippen MR) is 76.6 cm³/mol. The van der Waals surface area contributed by atoms with Crippen molar-refractivity contribution in [2.24, 2.45) is 7.05 Å². The van der Waals surface area contributed by atoms with Crippen molar-refractivity contribution in [1.82, 2.24) is 20.3 Å². The fourth-order valence-corrected chi connectivity index (χ4v) is 3.06.